The minimum absolute atomic E-state index is 0.180. The Balaban J connectivity index is 1.86. The van der Waals surface area contributed by atoms with Gasteiger partial charge in [-0.05, 0) is 30.5 Å². The summed E-state index contributed by atoms with van der Waals surface area (Å²) in [4.78, 5) is 15.3. The van der Waals surface area contributed by atoms with Gasteiger partial charge in [-0.3, -0.25) is 4.79 Å². The number of nitrogens with one attached hydrogen (secondary N) is 1. The fourth-order valence-corrected chi connectivity index (χ4v) is 3.32. The quantitative estimate of drug-likeness (QED) is 0.853. The van der Waals surface area contributed by atoms with Crippen LogP contribution in [0.4, 0.5) is 0 Å². The Kier molecular flexibility index (Phi) is 3.30. The van der Waals surface area contributed by atoms with Crippen LogP contribution in [0.2, 0.25) is 0 Å². The SMILES string of the molecule is O=C(c1cc2ccccc2s1)N1CCCNCC1. The van der Waals surface area contributed by atoms with Crippen molar-refractivity contribution >= 4 is 27.3 Å². The molecule has 1 aromatic heterocycles. The van der Waals surface area contributed by atoms with E-state index in [1.165, 1.54) is 10.1 Å². The van der Waals surface area contributed by atoms with E-state index in [2.05, 4.69) is 17.4 Å². The molecule has 1 saturated heterocycles. The fraction of sp³-hybridized carbons (Fsp3) is 0.357. The third kappa shape index (κ3) is 2.26. The minimum atomic E-state index is 0.180. The van der Waals surface area contributed by atoms with E-state index in [9.17, 15) is 4.79 Å². The summed E-state index contributed by atoms with van der Waals surface area (Å²) < 4.78 is 1.19. The van der Waals surface area contributed by atoms with Gasteiger partial charge in [-0.2, -0.15) is 0 Å². The van der Waals surface area contributed by atoms with Gasteiger partial charge in [0.05, 0.1) is 4.88 Å². The van der Waals surface area contributed by atoms with Gasteiger partial charge in [-0.1, -0.05) is 18.2 Å². The zero-order valence-electron chi connectivity index (χ0n) is 10.2. The Morgan fingerprint density at radius 2 is 2.11 bits per heavy atom. The largest absolute Gasteiger partial charge is 0.337 e. The summed E-state index contributed by atoms with van der Waals surface area (Å²) >= 11 is 1.59. The third-order valence-corrected chi connectivity index (χ3v) is 4.37. The molecule has 94 valence electrons. The molecule has 1 aliphatic heterocycles. The number of fused-ring (bicyclic) bond motifs is 1. The highest BCUT2D eigenvalue weighted by molar-refractivity contribution is 7.20. The standard InChI is InChI=1S/C14H16N2OS/c17-14(16-8-3-6-15-7-9-16)13-10-11-4-1-2-5-12(11)18-13/h1-2,4-5,10,15H,3,6-9H2. The van der Waals surface area contributed by atoms with Gasteiger partial charge in [0.1, 0.15) is 0 Å². The predicted octanol–water partition coefficient (Wildman–Crippen LogP) is 2.34. The lowest BCUT2D eigenvalue weighted by Gasteiger charge is -2.18. The molecule has 0 unspecified atom stereocenters. The van der Waals surface area contributed by atoms with Crippen LogP contribution in [0.5, 0.6) is 0 Å². The first kappa shape index (κ1) is 11.7. The lowest BCUT2D eigenvalue weighted by atomic mass is 10.2. The van der Waals surface area contributed by atoms with Crippen LogP contribution >= 0.6 is 11.3 Å². The number of rotatable bonds is 1. The molecule has 4 heteroatoms. The zero-order chi connectivity index (χ0) is 12.4. The van der Waals surface area contributed by atoms with Crippen LogP contribution in [-0.4, -0.2) is 37.0 Å². The molecule has 1 aromatic carbocycles. The molecular formula is C14H16N2OS. The van der Waals surface area contributed by atoms with E-state index in [0.29, 0.717) is 0 Å². The first-order chi connectivity index (χ1) is 8.84. The van der Waals surface area contributed by atoms with Crippen LogP contribution in [-0.2, 0) is 0 Å². The molecule has 3 nitrogen and oxygen atoms in total. The summed E-state index contributed by atoms with van der Waals surface area (Å²) in [6, 6.07) is 10.2. The van der Waals surface area contributed by atoms with Crippen molar-refractivity contribution in [2.75, 3.05) is 26.2 Å². The van der Waals surface area contributed by atoms with Crippen molar-refractivity contribution in [2.24, 2.45) is 0 Å². The van der Waals surface area contributed by atoms with E-state index >= 15 is 0 Å². The Morgan fingerprint density at radius 3 is 3.00 bits per heavy atom. The van der Waals surface area contributed by atoms with Crippen LogP contribution < -0.4 is 5.32 Å². The van der Waals surface area contributed by atoms with E-state index in [1.807, 2.05) is 23.1 Å². The molecule has 0 atom stereocenters. The van der Waals surface area contributed by atoms with Crippen molar-refractivity contribution in [1.82, 2.24) is 10.2 Å². The van der Waals surface area contributed by atoms with Crippen molar-refractivity contribution in [2.45, 2.75) is 6.42 Å². The average molecular weight is 260 g/mol. The van der Waals surface area contributed by atoms with Crippen LogP contribution in [0.25, 0.3) is 10.1 Å². The highest BCUT2D eigenvalue weighted by Crippen LogP contribution is 2.26. The first-order valence-corrected chi connectivity index (χ1v) is 7.15. The number of carbonyl (C=O) groups excluding carboxylic acids is 1. The van der Waals surface area contributed by atoms with Gasteiger partial charge in [0.25, 0.3) is 5.91 Å². The highest BCUT2D eigenvalue weighted by Gasteiger charge is 2.18. The molecule has 0 saturated carbocycles. The predicted molar refractivity (Wildman–Crippen MR) is 75.2 cm³/mol. The number of hydrogen-bond acceptors (Lipinski definition) is 3. The van der Waals surface area contributed by atoms with Gasteiger partial charge < -0.3 is 10.2 Å². The maximum absolute atomic E-state index is 12.4. The molecule has 2 heterocycles. The highest BCUT2D eigenvalue weighted by atomic mass is 32.1. The lowest BCUT2D eigenvalue weighted by molar-refractivity contribution is 0.0771. The lowest BCUT2D eigenvalue weighted by Crippen LogP contribution is -2.33. The summed E-state index contributed by atoms with van der Waals surface area (Å²) in [7, 11) is 0. The maximum atomic E-state index is 12.4. The third-order valence-electron chi connectivity index (χ3n) is 3.26. The maximum Gasteiger partial charge on any atom is 0.264 e. The molecule has 1 fully saturated rings. The molecular weight excluding hydrogens is 244 g/mol. The molecule has 1 amide bonds. The van der Waals surface area contributed by atoms with Crippen molar-refractivity contribution in [3.05, 3.63) is 35.2 Å². The second kappa shape index (κ2) is 5.08. The first-order valence-electron chi connectivity index (χ1n) is 6.33. The number of carbonyl (C=O) groups is 1. The van der Waals surface area contributed by atoms with Crippen molar-refractivity contribution in [3.8, 4) is 0 Å². The summed E-state index contributed by atoms with van der Waals surface area (Å²) in [5.74, 6) is 0.180. The van der Waals surface area contributed by atoms with Crippen LogP contribution in [0.3, 0.4) is 0 Å². The Morgan fingerprint density at radius 1 is 1.22 bits per heavy atom. The van der Waals surface area contributed by atoms with E-state index in [4.69, 9.17) is 0 Å². The summed E-state index contributed by atoms with van der Waals surface area (Å²) in [6.07, 6.45) is 1.04. The smallest absolute Gasteiger partial charge is 0.264 e. The van der Waals surface area contributed by atoms with Crippen LogP contribution in [0, 0.1) is 0 Å². The summed E-state index contributed by atoms with van der Waals surface area (Å²) in [5, 5.41) is 4.49. The van der Waals surface area contributed by atoms with Crippen molar-refractivity contribution in [3.63, 3.8) is 0 Å². The molecule has 18 heavy (non-hydrogen) atoms. The number of nitrogens with zero attached hydrogens (tertiary/aromatic N) is 1. The van der Waals surface area contributed by atoms with E-state index in [-0.39, 0.29) is 5.91 Å². The fourth-order valence-electron chi connectivity index (χ4n) is 2.29. The number of amides is 1. The van der Waals surface area contributed by atoms with Gasteiger partial charge >= 0.3 is 0 Å². The minimum Gasteiger partial charge on any atom is -0.337 e. The normalized spacial score (nSPS) is 16.8. The second-order valence-electron chi connectivity index (χ2n) is 4.54. The molecule has 1 N–H and O–H groups in total. The molecule has 3 rings (SSSR count). The molecule has 0 spiro atoms. The Hall–Kier alpha value is -1.39. The Labute approximate surface area is 110 Å². The molecule has 1 aliphatic rings. The average Bonchev–Trinajstić information content (AvgIpc) is 2.64. The van der Waals surface area contributed by atoms with Gasteiger partial charge in [0, 0.05) is 24.3 Å². The number of benzene rings is 1. The Bertz CT molecular complexity index is 523. The van der Waals surface area contributed by atoms with E-state index in [0.717, 1.165) is 37.5 Å². The van der Waals surface area contributed by atoms with Crippen molar-refractivity contribution in [1.29, 1.82) is 0 Å². The molecule has 0 bridgehead atoms. The monoisotopic (exact) mass is 260 g/mol. The van der Waals surface area contributed by atoms with Gasteiger partial charge in [0.2, 0.25) is 0 Å². The van der Waals surface area contributed by atoms with Gasteiger partial charge in [-0.25, -0.2) is 0 Å². The number of thiophene rings is 1. The molecule has 0 aliphatic carbocycles. The van der Waals surface area contributed by atoms with Crippen LogP contribution in [0.1, 0.15) is 16.1 Å². The molecule has 0 radical (unpaired) electrons. The summed E-state index contributed by atoms with van der Waals surface area (Å²) in [6.45, 7) is 3.58. The molecule has 2 aromatic rings. The summed E-state index contributed by atoms with van der Waals surface area (Å²) in [5.41, 5.74) is 0. The zero-order valence-corrected chi connectivity index (χ0v) is 11.0. The van der Waals surface area contributed by atoms with Crippen LogP contribution in [0.15, 0.2) is 30.3 Å². The van der Waals surface area contributed by atoms with Gasteiger partial charge in [-0.15, -0.1) is 11.3 Å². The van der Waals surface area contributed by atoms with E-state index in [1.54, 1.807) is 11.3 Å². The van der Waals surface area contributed by atoms with Crippen molar-refractivity contribution < 1.29 is 4.79 Å². The number of hydrogen-bond donors (Lipinski definition) is 1. The topological polar surface area (TPSA) is 32.3 Å². The second-order valence-corrected chi connectivity index (χ2v) is 5.63. The van der Waals surface area contributed by atoms with Gasteiger partial charge in [0.15, 0.2) is 0 Å². The van der Waals surface area contributed by atoms with E-state index < -0.39 is 0 Å².